The molecule has 0 fully saturated rings. The SMILES string of the molecule is Cc1nn(C(=O)c2ccc(Cl)s2)c(C)c1CN. The minimum atomic E-state index is -0.165. The summed E-state index contributed by atoms with van der Waals surface area (Å²) in [6.45, 7) is 4.08. The maximum absolute atomic E-state index is 12.2. The van der Waals surface area contributed by atoms with Gasteiger partial charge in [-0.2, -0.15) is 9.78 Å². The topological polar surface area (TPSA) is 60.9 Å². The van der Waals surface area contributed by atoms with Crippen LogP contribution in [0.15, 0.2) is 12.1 Å². The van der Waals surface area contributed by atoms with Crippen LogP contribution in [-0.2, 0) is 6.54 Å². The Morgan fingerprint density at radius 2 is 2.24 bits per heavy atom. The first-order valence-corrected chi connectivity index (χ1v) is 6.29. The minimum Gasteiger partial charge on any atom is -0.326 e. The third kappa shape index (κ3) is 2.13. The molecule has 6 heteroatoms. The van der Waals surface area contributed by atoms with Gasteiger partial charge in [-0.25, -0.2) is 0 Å². The summed E-state index contributed by atoms with van der Waals surface area (Å²) in [7, 11) is 0. The van der Waals surface area contributed by atoms with Crippen molar-refractivity contribution in [3.8, 4) is 0 Å². The first kappa shape index (κ1) is 12.3. The Labute approximate surface area is 108 Å². The maximum Gasteiger partial charge on any atom is 0.288 e. The molecule has 2 aromatic rings. The molecular formula is C11H12ClN3OS. The molecule has 90 valence electrons. The summed E-state index contributed by atoms with van der Waals surface area (Å²) < 4.78 is 1.98. The molecule has 17 heavy (non-hydrogen) atoms. The molecule has 0 amide bonds. The smallest absolute Gasteiger partial charge is 0.288 e. The van der Waals surface area contributed by atoms with Crippen molar-refractivity contribution < 1.29 is 4.79 Å². The standard InChI is InChI=1S/C11H12ClN3OS/c1-6-8(5-13)7(2)15(14-6)11(16)9-3-4-10(12)17-9/h3-4H,5,13H2,1-2H3. The summed E-state index contributed by atoms with van der Waals surface area (Å²) in [4.78, 5) is 12.7. The number of carbonyl (C=O) groups excluding carboxylic acids is 1. The van der Waals surface area contributed by atoms with E-state index in [1.165, 1.54) is 16.0 Å². The molecule has 0 unspecified atom stereocenters. The van der Waals surface area contributed by atoms with Crippen molar-refractivity contribution in [3.05, 3.63) is 38.3 Å². The Balaban J connectivity index is 2.44. The van der Waals surface area contributed by atoms with Crippen molar-refractivity contribution in [2.75, 3.05) is 0 Å². The second-order valence-corrected chi connectivity index (χ2v) is 5.39. The van der Waals surface area contributed by atoms with Gasteiger partial charge in [-0.05, 0) is 26.0 Å². The molecule has 0 bridgehead atoms. The van der Waals surface area contributed by atoms with Gasteiger partial charge in [0, 0.05) is 17.8 Å². The molecule has 0 aliphatic rings. The van der Waals surface area contributed by atoms with Crippen LogP contribution in [0.5, 0.6) is 0 Å². The maximum atomic E-state index is 12.2. The number of rotatable bonds is 2. The van der Waals surface area contributed by atoms with E-state index in [0.717, 1.165) is 17.0 Å². The van der Waals surface area contributed by atoms with Gasteiger partial charge in [-0.3, -0.25) is 4.79 Å². The van der Waals surface area contributed by atoms with Gasteiger partial charge in [0.25, 0.3) is 5.91 Å². The van der Waals surface area contributed by atoms with Crippen molar-refractivity contribution >= 4 is 28.8 Å². The molecule has 0 aliphatic heterocycles. The van der Waals surface area contributed by atoms with E-state index >= 15 is 0 Å². The average molecular weight is 270 g/mol. The van der Waals surface area contributed by atoms with Gasteiger partial charge in [0.1, 0.15) is 0 Å². The number of thiophene rings is 1. The predicted octanol–water partition coefficient (Wildman–Crippen LogP) is 2.36. The lowest BCUT2D eigenvalue weighted by atomic mass is 10.2. The molecule has 2 N–H and O–H groups in total. The predicted molar refractivity (Wildman–Crippen MR) is 68.6 cm³/mol. The molecule has 0 aromatic carbocycles. The molecule has 4 nitrogen and oxygen atoms in total. The van der Waals surface area contributed by atoms with E-state index in [1.54, 1.807) is 12.1 Å². The third-order valence-corrected chi connectivity index (χ3v) is 3.84. The number of halogens is 1. The lowest BCUT2D eigenvalue weighted by molar-refractivity contribution is 0.0946. The van der Waals surface area contributed by atoms with Crippen molar-refractivity contribution in [2.45, 2.75) is 20.4 Å². The Morgan fingerprint density at radius 1 is 1.53 bits per heavy atom. The zero-order valence-corrected chi connectivity index (χ0v) is 11.1. The van der Waals surface area contributed by atoms with Crippen molar-refractivity contribution in [3.63, 3.8) is 0 Å². The van der Waals surface area contributed by atoms with Crippen molar-refractivity contribution in [1.29, 1.82) is 0 Å². The Bertz CT molecular complexity index is 573. The molecule has 2 rings (SSSR count). The number of hydrogen-bond acceptors (Lipinski definition) is 4. The van der Waals surface area contributed by atoms with E-state index in [0.29, 0.717) is 15.8 Å². The Hall–Kier alpha value is -1.17. The second kappa shape index (κ2) is 4.60. The Kier molecular flexibility index (Phi) is 3.33. The van der Waals surface area contributed by atoms with Crippen LogP contribution in [0.4, 0.5) is 0 Å². The lowest BCUT2D eigenvalue weighted by Gasteiger charge is -2.01. The van der Waals surface area contributed by atoms with Gasteiger partial charge < -0.3 is 5.73 Å². The summed E-state index contributed by atoms with van der Waals surface area (Å²) in [6.07, 6.45) is 0. The first-order valence-electron chi connectivity index (χ1n) is 5.09. The van der Waals surface area contributed by atoms with E-state index < -0.39 is 0 Å². The number of hydrogen-bond donors (Lipinski definition) is 1. The number of aryl methyl sites for hydroxylation is 1. The zero-order chi connectivity index (χ0) is 12.6. The van der Waals surface area contributed by atoms with Gasteiger partial charge in [0.2, 0.25) is 0 Å². The summed E-state index contributed by atoms with van der Waals surface area (Å²) in [6, 6.07) is 3.41. The van der Waals surface area contributed by atoms with E-state index in [4.69, 9.17) is 17.3 Å². The highest BCUT2D eigenvalue weighted by Gasteiger charge is 2.18. The fourth-order valence-electron chi connectivity index (χ4n) is 1.70. The van der Waals surface area contributed by atoms with Gasteiger partial charge in [-0.15, -0.1) is 11.3 Å². The second-order valence-electron chi connectivity index (χ2n) is 3.67. The van der Waals surface area contributed by atoms with Gasteiger partial charge >= 0.3 is 0 Å². The van der Waals surface area contributed by atoms with E-state index in [2.05, 4.69) is 5.10 Å². The highest BCUT2D eigenvalue weighted by molar-refractivity contribution is 7.18. The number of nitrogens with two attached hydrogens (primary N) is 1. The fourth-order valence-corrected chi connectivity index (χ4v) is 2.67. The van der Waals surface area contributed by atoms with Crippen LogP contribution in [0.1, 0.15) is 26.6 Å². The highest BCUT2D eigenvalue weighted by Crippen LogP contribution is 2.23. The van der Waals surface area contributed by atoms with Gasteiger partial charge in [-0.1, -0.05) is 11.6 Å². The largest absolute Gasteiger partial charge is 0.326 e. The molecule has 0 spiro atoms. The van der Waals surface area contributed by atoms with Crippen LogP contribution in [0.3, 0.4) is 0 Å². The third-order valence-electron chi connectivity index (χ3n) is 2.62. The summed E-state index contributed by atoms with van der Waals surface area (Å²) in [5.74, 6) is -0.165. The summed E-state index contributed by atoms with van der Waals surface area (Å²) in [5, 5.41) is 4.22. The Morgan fingerprint density at radius 3 is 2.71 bits per heavy atom. The average Bonchev–Trinajstić information content (AvgIpc) is 2.83. The van der Waals surface area contributed by atoms with Crippen molar-refractivity contribution in [2.24, 2.45) is 5.73 Å². The lowest BCUT2D eigenvalue weighted by Crippen LogP contribution is -2.14. The number of nitrogens with zero attached hydrogens (tertiary/aromatic N) is 2. The van der Waals surface area contributed by atoms with Crippen LogP contribution in [-0.4, -0.2) is 15.7 Å². The fraction of sp³-hybridized carbons (Fsp3) is 0.273. The molecule has 2 aromatic heterocycles. The summed E-state index contributed by atoms with van der Waals surface area (Å²) >= 11 is 7.06. The molecule has 0 saturated carbocycles. The van der Waals surface area contributed by atoms with Crippen LogP contribution >= 0.6 is 22.9 Å². The van der Waals surface area contributed by atoms with E-state index in [9.17, 15) is 4.79 Å². The highest BCUT2D eigenvalue weighted by atomic mass is 35.5. The summed E-state index contributed by atoms with van der Waals surface area (Å²) in [5.41, 5.74) is 8.13. The normalized spacial score (nSPS) is 10.8. The number of aromatic nitrogens is 2. The quantitative estimate of drug-likeness (QED) is 0.910. The zero-order valence-electron chi connectivity index (χ0n) is 9.53. The van der Waals surface area contributed by atoms with Crippen LogP contribution < -0.4 is 5.73 Å². The monoisotopic (exact) mass is 269 g/mol. The molecule has 0 radical (unpaired) electrons. The van der Waals surface area contributed by atoms with E-state index in [1.807, 2.05) is 13.8 Å². The minimum absolute atomic E-state index is 0.165. The van der Waals surface area contributed by atoms with Crippen LogP contribution in [0.2, 0.25) is 4.34 Å². The van der Waals surface area contributed by atoms with Crippen LogP contribution in [0.25, 0.3) is 0 Å². The molecular weight excluding hydrogens is 258 g/mol. The van der Waals surface area contributed by atoms with Gasteiger partial charge in [0.15, 0.2) is 0 Å². The first-order chi connectivity index (χ1) is 8.04. The molecule has 0 atom stereocenters. The van der Waals surface area contributed by atoms with E-state index in [-0.39, 0.29) is 5.91 Å². The van der Waals surface area contributed by atoms with Gasteiger partial charge in [0.05, 0.1) is 14.9 Å². The molecule has 0 saturated heterocycles. The van der Waals surface area contributed by atoms with Crippen LogP contribution in [0, 0.1) is 13.8 Å². The molecule has 0 aliphatic carbocycles. The van der Waals surface area contributed by atoms with Crippen molar-refractivity contribution in [1.82, 2.24) is 9.78 Å². The molecule has 2 heterocycles. The number of carbonyl (C=O) groups is 1.